The lowest BCUT2D eigenvalue weighted by Gasteiger charge is -2.32. The van der Waals surface area contributed by atoms with E-state index < -0.39 is 0 Å². The molecule has 2 N–H and O–H groups in total. The van der Waals surface area contributed by atoms with E-state index in [4.69, 9.17) is 0 Å². The van der Waals surface area contributed by atoms with Gasteiger partial charge in [0.25, 0.3) is 0 Å². The highest BCUT2D eigenvalue weighted by molar-refractivity contribution is 4.79. The largest absolute Gasteiger partial charge is 0.392 e. The number of hydrogen-bond donors (Lipinski definition) is 2. The zero-order valence-electron chi connectivity index (χ0n) is 8.21. The highest BCUT2D eigenvalue weighted by Crippen LogP contribution is 2.31. The molecule has 0 bridgehead atoms. The Morgan fingerprint density at radius 2 is 2.08 bits per heavy atom. The van der Waals surface area contributed by atoms with Crippen molar-refractivity contribution in [3.63, 3.8) is 0 Å². The van der Waals surface area contributed by atoms with Crippen LogP contribution < -0.4 is 5.32 Å². The summed E-state index contributed by atoms with van der Waals surface area (Å²) in [6.07, 6.45) is 5.03. The van der Waals surface area contributed by atoms with E-state index >= 15 is 0 Å². The average molecular weight is 171 g/mol. The van der Waals surface area contributed by atoms with Gasteiger partial charge in [0.15, 0.2) is 0 Å². The van der Waals surface area contributed by atoms with Crippen molar-refractivity contribution in [2.24, 2.45) is 11.8 Å². The van der Waals surface area contributed by atoms with Crippen LogP contribution in [0.1, 0.15) is 32.6 Å². The van der Waals surface area contributed by atoms with Crippen LogP contribution in [0.4, 0.5) is 0 Å². The van der Waals surface area contributed by atoms with Crippen LogP contribution in [0, 0.1) is 11.8 Å². The Morgan fingerprint density at radius 3 is 2.67 bits per heavy atom. The van der Waals surface area contributed by atoms with E-state index in [-0.39, 0.29) is 6.10 Å². The van der Waals surface area contributed by atoms with Gasteiger partial charge in [-0.15, -0.1) is 0 Å². The monoisotopic (exact) mass is 171 g/mol. The minimum atomic E-state index is -0.134. The fraction of sp³-hybridized carbons (Fsp3) is 1.00. The predicted molar refractivity (Wildman–Crippen MR) is 51.1 cm³/mol. The maximum atomic E-state index is 9.78. The number of likely N-dealkylation sites (N-methyl/N-ethyl adjacent to an activating group) is 1. The molecule has 72 valence electrons. The molecule has 0 saturated heterocycles. The first-order valence-corrected chi connectivity index (χ1v) is 5.08. The highest BCUT2D eigenvalue weighted by Gasteiger charge is 2.26. The second kappa shape index (κ2) is 4.83. The zero-order valence-corrected chi connectivity index (χ0v) is 8.21. The van der Waals surface area contributed by atoms with E-state index in [0.717, 1.165) is 6.54 Å². The van der Waals surface area contributed by atoms with Crippen molar-refractivity contribution in [2.45, 2.75) is 38.7 Å². The SMILES string of the molecule is CNCC(O)C1CCCCC1C. The fourth-order valence-corrected chi connectivity index (χ4v) is 2.28. The number of aliphatic hydroxyl groups excluding tert-OH is 1. The second-order valence-corrected chi connectivity index (χ2v) is 4.05. The molecule has 1 aliphatic carbocycles. The van der Waals surface area contributed by atoms with Gasteiger partial charge in [-0.05, 0) is 25.3 Å². The molecule has 0 radical (unpaired) electrons. The van der Waals surface area contributed by atoms with Gasteiger partial charge in [0.05, 0.1) is 6.10 Å². The Balaban J connectivity index is 2.36. The molecule has 1 saturated carbocycles. The van der Waals surface area contributed by atoms with Crippen LogP contribution in [0.5, 0.6) is 0 Å². The van der Waals surface area contributed by atoms with Crippen molar-refractivity contribution < 1.29 is 5.11 Å². The van der Waals surface area contributed by atoms with Crippen LogP contribution in [0.2, 0.25) is 0 Å². The van der Waals surface area contributed by atoms with E-state index in [0.29, 0.717) is 11.8 Å². The molecule has 2 nitrogen and oxygen atoms in total. The Kier molecular flexibility index (Phi) is 4.02. The number of nitrogens with one attached hydrogen (secondary N) is 1. The van der Waals surface area contributed by atoms with E-state index in [1.165, 1.54) is 25.7 Å². The maximum absolute atomic E-state index is 9.78. The van der Waals surface area contributed by atoms with Crippen LogP contribution in [0.3, 0.4) is 0 Å². The van der Waals surface area contributed by atoms with Crippen LogP contribution in [-0.4, -0.2) is 24.8 Å². The van der Waals surface area contributed by atoms with Crippen LogP contribution in [0.25, 0.3) is 0 Å². The van der Waals surface area contributed by atoms with Gasteiger partial charge in [-0.25, -0.2) is 0 Å². The molecular weight excluding hydrogens is 150 g/mol. The number of hydrogen-bond acceptors (Lipinski definition) is 2. The number of rotatable bonds is 3. The quantitative estimate of drug-likeness (QED) is 0.672. The molecule has 2 heteroatoms. The molecule has 0 aromatic carbocycles. The maximum Gasteiger partial charge on any atom is 0.0695 e. The van der Waals surface area contributed by atoms with Gasteiger partial charge in [-0.3, -0.25) is 0 Å². The molecule has 0 aromatic heterocycles. The normalized spacial score (nSPS) is 33.2. The molecule has 0 heterocycles. The van der Waals surface area contributed by atoms with E-state index in [1.54, 1.807) is 0 Å². The lowest BCUT2D eigenvalue weighted by molar-refractivity contribution is 0.0551. The summed E-state index contributed by atoms with van der Waals surface area (Å²) in [4.78, 5) is 0. The van der Waals surface area contributed by atoms with Gasteiger partial charge in [0, 0.05) is 6.54 Å². The summed E-state index contributed by atoms with van der Waals surface area (Å²) >= 11 is 0. The van der Waals surface area contributed by atoms with Crippen LogP contribution >= 0.6 is 0 Å². The summed E-state index contributed by atoms with van der Waals surface area (Å²) in [5.74, 6) is 1.24. The molecule has 12 heavy (non-hydrogen) atoms. The Morgan fingerprint density at radius 1 is 1.42 bits per heavy atom. The van der Waals surface area contributed by atoms with Crippen molar-refractivity contribution in [2.75, 3.05) is 13.6 Å². The smallest absolute Gasteiger partial charge is 0.0695 e. The van der Waals surface area contributed by atoms with E-state index in [9.17, 15) is 5.11 Å². The highest BCUT2D eigenvalue weighted by atomic mass is 16.3. The summed E-state index contributed by atoms with van der Waals surface area (Å²) in [6, 6.07) is 0. The molecule has 1 aliphatic rings. The third-order valence-electron chi connectivity index (χ3n) is 3.09. The summed E-state index contributed by atoms with van der Waals surface area (Å²) in [5.41, 5.74) is 0. The lowest BCUT2D eigenvalue weighted by atomic mass is 9.77. The van der Waals surface area contributed by atoms with Crippen molar-refractivity contribution in [1.29, 1.82) is 0 Å². The molecular formula is C10H21NO. The topological polar surface area (TPSA) is 32.3 Å². The fourth-order valence-electron chi connectivity index (χ4n) is 2.28. The summed E-state index contributed by atoms with van der Waals surface area (Å²) in [5, 5.41) is 12.8. The number of aliphatic hydroxyl groups is 1. The van der Waals surface area contributed by atoms with Crippen LogP contribution in [0.15, 0.2) is 0 Å². The predicted octanol–water partition coefficient (Wildman–Crippen LogP) is 1.39. The van der Waals surface area contributed by atoms with E-state index in [1.807, 2.05) is 7.05 Å². The zero-order chi connectivity index (χ0) is 8.97. The standard InChI is InChI=1S/C10H21NO/c1-8-5-3-4-6-9(8)10(12)7-11-2/h8-12H,3-7H2,1-2H3. The Labute approximate surface area is 75.4 Å². The first kappa shape index (κ1) is 10.0. The second-order valence-electron chi connectivity index (χ2n) is 4.05. The van der Waals surface area contributed by atoms with Gasteiger partial charge in [0.2, 0.25) is 0 Å². The van der Waals surface area contributed by atoms with Crippen molar-refractivity contribution in [3.8, 4) is 0 Å². The Bertz CT molecular complexity index is 127. The average Bonchev–Trinajstić information content (AvgIpc) is 2.05. The molecule has 0 amide bonds. The first-order chi connectivity index (χ1) is 5.75. The Hall–Kier alpha value is -0.0800. The third kappa shape index (κ3) is 2.46. The molecule has 0 spiro atoms. The van der Waals surface area contributed by atoms with Gasteiger partial charge in [0.1, 0.15) is 0 Å². The van der Waals surface area contributed by atoms with Crippen molar-refractivity contribution in [1.82, 2.24) is 5.32 Å². The molecule has 1 fully saturated rings. The molecule has 1 rings (SSSR count). The molecule has 0 aliphatic heterocycles. The molecule has 3 atom stereocenters. The van der Waals surface area contributed by atoms with E-state index in [2.05, 4.69) is 12.2 Å². The van der Waals surface area contributed by atoms with Gasteiger partial charge in [-0.1, -0.05) is 26.2 Å². The van der Waals surface area contributed by atoms with Crippen molar-refractivity contribution in [3.05, 3.63) is 0 Å². The van der Waals surface area contributed by atoms with Gasteiger partial charge < -0.3 is 10.4 Å². The molecule has 0 aromatic rings. The minimum absolute atomic E-state index is 0.134. The minimum Gasteiger partial charge on any atom is -0.392 e. The van der Waals surface area contributed by atoms with Crippen molar-refractivity contribution >= 4 is 0 Å². The van der Waals surface area contributed by atoms with Gasteiger partial charge >= 0.3 is 0 Å². The van der Waals surface area contributed by atoms with Gasteiger partial charge in [-0.2, -0.15) is 0 Å². The molecule has 3 unspecified atom stereocenters. The lowest BCUT2D eigenvalue weighted by Crippen LogP contribution is -2.36. The summed E-state index contributed by atoms with van der Waals surface area (Å²) in [6.45, 7) is 3.01. The summed E-state index contributed by atoms with van der Waals surface area (Å²) in [7, 11) is 1.90. The van der Waals surface area contributed by atoms with Crippen LogP contribution in [-0.2, 0) is 0 Å². The summed E-state index contributed by atoms with van der Waals surface area (Å²) < 4.78 is 0. The third-order valence-corrected chi connectivity index (χ3v) is 3.09. The first-order valence-electron chi connectivity index (χ1n) is 5.08.